The maximum absolute atomic E-state index is 13.2. The van der Waals surface area contributed by atoms with Crippen molar-refractivity contribution in [3.8, 4) is 11.3 Å². The number of aromatic nitrogens is 3. The zero-order chi connectivity index (χ0) is 19.6. The molecule has 2 aromatic heterocycles. The first-order chi connectivity index (χ1) is 13.3. The Bertz CT molecular complexity index is 890. The minimum Gasteiger partial charge on any atom is -0.383 e. The number of hydrogen-bond acceptors (Lipinski definition) is 4. The lowest BCUT2D eigenvalue weighted by Crippen LogP contribution is -2.25. The molecule has 3 fully saturated rings. The summed E-state index contributed by atoms with van der Waals surface area (Å²) < 4.78 is 41.9. The van der Waals surface area contributed by atoms with Crippen LogP contribution >= 0.6 is 0 Å². The van der Waals surface area contributed by atoms with E-state index < -0.39 is 17.6 Å². The lowest BCUT2D eigenvalue weighted by molar-refractivity contribution is -0.137. The Balaban J connectivity index is 1.47. The van der Waals surface area contributed by atoms with E-state index in [0.29, 0.717) is 35.1 Å². The number of likely N-dealkylation sites (tertiary alicyclic amines) is 1. The predicted molar refractivity (Wildman–Crippen MR) is 99.4 cm³/mol. The third kappa shape index (κ3) is 3.07. The topological polar surface area (TPSA) is 60.0 Å². The summed E-state index contributed by atoms with van der Waals surface area (Å²) in [5.41, 5.74) is 5.48. The monoisotopic (exact) mass is 391 g/mol. The van der Waals surface area contributed by atoms with Gasteiger partial charge in [-0.1, -0.05) is 6.92 Å². The summed E-state index contributed by atoms with van der Waals surface area (Å²) in [5, 5.41) is 0. The van der Waals surface area contributed by atoms with Crippen molar-refractivity contribution < 1.29 is 13.2 Å². The normalized spacial score (nSPS) is 27.2. The SMILES string of the molecule is CCN1C[C@@H]2C(n3cc(-c4cnc(N)c(C(F)(F)F)c4)nc3CC3CC3)[C@@H]2C1. The van der Waals surface area contributed by atoms with E-state index in [1.807, 2.05) is 6.20 Å². The van der Waals surface area contributed by atoms with Crippen molar-refractivity contribution >= 4 is 5.82 Å². The molecule has 150 valence electrons. The minimum absolute atomic E-state index is 0.373. The molecular weight excluding hydrogens is 367 g/mol. The molecule has 3 aliphatic rings. The largest absolute Gasteiger partial charge is 0.419 e. The first kappa shape index (κ1) is 18.0. The Labute approximate surface area is 161 Å². The highest BCUT2D eigenvalue weighted by Crippen LogP contribution is 2.56. The molecule has 2 N–H and O–H groups in total. The summed E-state index contributed by atoms with van der Waals surface area (Å²) in [5.74, 6) is 2.44. The van der Waals surface area contributed by atoms with Gasteiger partial charge in [-0.3, -0.25) is 0 Å². The third-order valence-corrected chi connectivity index (χ3v) is 6.49. The number of nitrogen functional groups attached to an aromatic ring is 1. The molecule has 0 radical (unpaired) electrons. The van der Waals surface area contributed by atoms with Gasteiger partial charge in [0.1, 0.15) is 11.6 Å². The molecule has 0 aromatic carbocycles. The van der Waals surface area contributed by atoms with Gasteiger partial charge in [0.25, 0.3) is 0 Å². The van der Waals surface area contributed by atoms with Crippen molar-refractivity contribution in [1.82, 2.24) is 19.4 Å². The van der Waals surface area contributed by atoms with Gasteiger partial charge in [0, 0.05) is 43.5 Å². The highest BCUT2D eigenvalue weighted by atomic mass is 19.4. The molecule has 3 heterocycles. The Morgan fingerprint density at radius 1 is 1.21 bits per heavy atom. The molecule has 1 aliphatic heterocycles. The summed E-state index contributed by atoms with van der Waals surface area (Å²) in [4.78, 5) is 11.0. The van der Waals surface area contributed by atoms with E-state index in [0.717, 1.165) is 37.9 Å². The fourth-order valence-electron chi connectivity index (χ4n) is 4.66. The third-order valence-electron chi connectivity index (χ3n) is 6.49. The molecule has 5 nitrogen and oxygen atoms in total. The molecule has 5 rings (SSSR count). The highest BCUT2D eigenvalue weighted by molar-refractivity contribution is 5.62. The van der Waals surface area contributed by atoms with Crippen molar-refractivity contribution in [1.29, 1.82) is 0 Å². The summed E-state index contributed by atoms with van der Waals surface area (Å²) in [6.45, 7) is 5.45. The van der Waals surface area contributed by atoms with E-state index in [2.05, 4.69) is 21.4 Å². The van der Waals surface area contributed by atoms with E-state index >= 15 is 0 Å². The number of piperidine rings is 1. The molecule has 1 unspecified atom stereocenters. The number of halogens is 3. The number of pyridine rings is 1. The number of fused-ring (bicyclic) bond motifs is 1. The van der Waals surface area contributed by atoms with Crippen molar-refractivity contribution in [3.63, 3.8) is 0 Å². The number of alkyl halides is 3. The van der Waals surface area contributed by atoms with Crippen LogP contribution in [0.25, 0.3) is 11.3 Å². The van der Waals surface area contributed by atoms with Crippen LogP contribution in [0.3, 0.4) is 0 Å². The van der Waals surface area contributed by atoms with Crippen LogP contribution in [0.4, 0.5) is 19.0 Å². The zero-order valence-corrected chi connectivity index (χ0v) is 15.8. The van der Waals surface area contributed by atoms with Crippen LogP contribution in [0.2, 0.25) is 0 Å². The Hall–Kier alpha value is -2.09. The summed E-state index contributed by atoms with van der Waals surface area (Å²) >= 11 is 0. The molecular formula is C20H24F3N5. The van der Waals surface area contributed by atoms with Gasteiger partial charge < -0.3 is 15.2 Å². The van der Waals surface area contributed by atoms with Crippen molar-refractivity contribution in [2.75, 3.05) is 25.4 Å². The molecule has 2 saturated carbocycles. The number of nitrogens with two attached hydrogens (primary N) is 1. The van der Waals surface area contributed by atoms with Crippen LogP contribution in [0.15, 0.2) is 18.5 Å². The fraction of sp³-hybridized carbons (Fsp3) is 0.600. The Morgan fingerprint density at radius 3 is 2.54 bits per heavy atom. The highest BCUT2D eigenvalue weighted by Gasteiger charge is 2.57. The van der Waals surface area contributed by atoms with E-state index in [1.165, 1.54) is 19.0 Å². The first-order valence-electron chi connectivity index (χ1n) is 9.98. The van der Waals surface area contributed by atoms with Crippen molar-refractivity contribution in [2.45, 2.75) is 38.4 Å². The van der Waals surface area contributed by atoms with Gasteiger partial charge >= 0.3 is 6.18 Å². The molecule has 1 saturated heterocycles. The lowest BCUT2D eigenvalue weighted by Gasteiger charge is -2.18. The number of imidazole rings is 1. The van der Waals surface area contributed by atoms with E-state index in [1.54, 1.807) is 0 Å². The second kappa shape index (κ2) is 6.20. The van der Waals surface area contributed by atoms with Gasteiger partial charge in [-0.15, -0.1) is 0 Å². The average molecular weight is 391 g/mol. The summed E-state index contributed by atoms with van der Waals surface area (Å²) in [6.07, 6.45) is 2.14. The van der Waals surface area contributed by atoms with Gasteiger partial charge in [0.2, 0.25) is 0 Å². The van der Waals surface area contributed by atoms with Gasteiger partial charge in [-0.25, -0.2) is 9.97 Å². The summed E-state index contributed by atoms with van der Waals surface area (Å²) in [7, 11) is 0. The molecule has 28 heavy (non-hydrogen) atoms. The molecule has 0 spiro atoms. The number of nitrogens with zero attached hydrogens (tertiary/aromatic N) is 4. The second-order valence-corrected chi connectivity index (χ2v) is 8.42. The van der Waals surface area contributed by atoms with Crippen LogP contribution in [0.5, 0.6) is 0 Å². The zero-order valence-electron chi connectivity index (χ0n) is 15.8. The Kier molecular flexibility index (Phi) is 3.98. The lowest BCUT2D eigenvalue weighted by atomic mass is 10.1. The van der Waals surface area contributed by atoms with E-state index in [4.69, 9.17) is 10.7 Å². The van der Waals surface area contributed by atoms with Crippen molar-refractivity contribution in [2.24, 2.45) is 17.8 Å². The van der Waals surface area contributed by atoms with Crippen LogP contribution in [0, 0.1) is 17.8 Å². The smallest absolute Gasteiger partial charge is 0.383 e. The van der Waals surface area contributed by atoms with Crippen LogP contribution in [-0.4, -0.2) is 39.1 Å². The summed E-state index contributed by atoms with van der Waals surface area (Å²) in [6, 6.07) is 1.50. The predicted octanol–water partition coefficient (Wildman–Crippen LogP) is 3.62. The first-order valence-corrected chi connectivity index (χ1v) is 9.98. The van der Waals surface area contributed by atoms with Crippen LogP contribution < -0.4 is 5.73 Å². The maximum atomic E-state index is 13.2. The number of hydrogen-bond donors (Lipinski definition) is 1. The Morgan fingerprint density at radius 2 is 1.93 bits per heavy atom. The quantitative estimate of drug-likeness (QED) is 0.846. The molecule has 8 heteroatoms. The van der Waals surface area contributed by atoms with E-state index in [-0.39, 0.29) is 0 Å². The standard InChI is InChI=1S/C20H24F3N5/c1-2-27-8-13-14(9-27)18(13)28-10-16(26-17(28)5-11-3-4-11)12-6-15(20(21,22)23)19(24)25-7-12/h6-7,10-11,13-14,18H,2-5,8-9H2,1H3,(H2,24,25)/t13-,14+,18?. The minimum atomic E-state index is -4.52. The maximum Gasteiger partial charge on any atom is 0.419 e. The van der Waals surface area contributed by atoms with Gasteiger partial charge in [0.05, 0.1) is 11.3 Å². The molecule has 2 aliphatic carbocycles. The molecule has 3 atom stereocenters. The molecule has 2 aromatic rings. The van der Waals surface area contributed by atoms with Crippen molar-refractivity contribution in [3.05, 3.63) is 29.8 Å². The van der Waals surface area contributed by atoms with Gasteiger partial charge in [-0.2, -0.15) is 13.2 Å². The number of anilines is 1. The fourth-order valence-corrected chi connectivity index (χ4v) is 4.66. The number of rotatable bonds is 5. The molecule has 0 amide bonds. The second-order valence-electron chi connectivity index (χ2n) is 8.42. The van der Waals surface area contributed by atoms with Gasteiger partial charge in [0.15, 0.2) is 0 Å². The van der Waals surface area contributed by atoms with Gasteiger partial charge in [-0.05, 0) is 43.2 Å². The van der Waals surface area contributed by atoms with Crippen LogP contribution in [-0.2, 0) is 12.6 Å². The molecule has 0 bridgehead atoms. The average Bonchev–Trinajstić information content (AvgIpc) is 3.49. The van der Waals surface area contributed by atoms with E-state index in [9.17, 15) is 13.2 Å². The van der Waals surface area contributed by atoms with Crippen LogP contribution in [0.1, 0.15) is 37.2 Å².